The summed E-state index contributed by atoms with van der Waals surface area (Å²) in [7, 11) is 0. The fourth-order valence-corrected chi connectivity index (χ4v) is 3.93. The van der Waals surface area contributed by atoms with Gasteiger partial charge in [-0.25, -0.2) is 13.8 Å². The van der Waals surface area contributed by atoms with E-state index in [1.165, 1.54) is 32.0 Å². The maximum absolute atomic E-state index is 13.0. The van der Waals surface area contributed by atoms with Crippen LogP contribution in [0.3, 0.4) is 0 Å². The zero-order chi connectivity index (χ0) is 28.8. The van der Waals surface area contributed by atoms with Crippen LogP contribution in [0.5, 0.6) is 5.75 Å². The normalized spacial score (nSPS) is 14.2. The number of nitrogens with zero attached hydrogens (tertiary/aromatic N) is 1. The number of esters is 3. The van der Waals surface area contributed by atoms with Gasteiger partial charge in [0.2, 0.25) is 5.60 Å². The van der Waals surface area contributed by atoms with E-state index in [9.17, 15) is 23.1 Å². The van der Waals surface area contributed by atoms with Gasteiger partial charge in [-0.3, -0.25) is 13.7 Å². The van der Waals surface area contributed by atoms with E-state index in [2.05, 4.69) is 0 Å². The lowest BCUT2D eigenvalue weighted by Crippen LogP contribution is -2.38. The highest BCUT2D eigenvalue weighted by Gasteiger charge is 2.35. The van der Waals surface area contributed by atoms with Crippen molar-refractivity contribution in [1.82, 2.24) is 0 Å². The second-order valence-corrected chi connectivity index (χ2v) is 11.7. The SMILES string of the molecule is CC(C)(C)OC(=O)CN(c1ccc(C(=O)OC(C)(C)C(=O)OCc2ccccc2)cc1OCC1CC1)S(=O)O. The number of ether oxygens (including phenoxy) is 4. The van der Waals surface area contributed by atoms with Gasteiger partial charge in [-0.2, -0.15) is 0 Å². The summed E-state index contributed by atoms with van der Waals surface area (Å²) in [6, 6.07) is 13.2. The molecule has 1 saturated carbocycles. The van der Waals surface area contributed by atoms with Crippen LogP contribution >= 0.6 is 0 Å². The van der Waals surface area contributed by atoms with Crippen molar-refractivity contribution in [2.45, 2.75) is 65.3 Å². The second kappa shape index (κ2) is 12.6. The molecule has 1 fully saturated rings. The molecular formula is C28H35NO9S. The van der Waals surface area contributed by atoms with Crippen molar-refractivity contribution in [2.75, 3.05) is 17.5 Å². The van der Waals surface area contributed by atoms with E-state index < -0.39 is 46.9 Å². The van der Waals surface area contributed by atoms with Crippen molar-refractivity contribution < 1.29 is 42.1 Å². The summed E-state index contributed by atoms with van der Waals surface area (Å²) in [6.07, 6.45) is 1.98. The molecule has 0 aromatic heterocycles. The summed E-state index contributed by atoms with van der Waals surface area (Å²) in [5.41, 5.74) is -1.41. The lowest BCUT2D eigenvalue weighted by Gasteiger charge is -2.26. The number of benzene rings is 2. The van der Waals surface area contributed by atoms with Crippen molar-refractivity contribution in [1.29, 1.82) is 0 Å². The molecule has 0 spiro atoms. The fourth-order valence-electron chi connectivity index (χ4n) is 3.40. The second-order valence-electron chi connectivity index (χ2n) is 10.8. The third kappa shape index (κ3) is 9.36. The Morgan fingerprint density at radius 1 is 1.00 bits per heavy atom. The number of carbonyl (C=O) groups excluding carboxylic acids is 3. The topological polar surface area (TPSA) is 129 Å². The third-order valence-corrected chi connectivity index (χ3v) is 6.27. The lowest BCUT2D eigenvalue weighted by atomic mass is 10.1. The minimum Gasteiger partial charge on any atom is -0.491 e. The molecule has 0 radical (unpaired) electrons. The number of hydrogen-bond donors (Lipinski definition) is 1. The van der Waals surface area contributed by atoms with Crippen molar-refractivity contribution in [3.63, 3.8) is 0 Å². The highest BCUT2D eigenvalue weighted by molar-refractivity contribution is 7.80. The molecular weight excluding hydrogens is 526 g/mol. The standard InChI is InChI=1S/C28H35NO9S/c1-27(2,3)37-24(30)16-29(39(33)34)22-14-13-21(15-23(22)35-17-20-11-12-20)25(31)38-28(4,5)26(32)36-18-19-9-7-6-8-10-19/h6-10,13-15,20H,11-12,16-18H2,1-5H3,(H,33,34). The molecule has 2 aromatic carbocycles. The molecule has 0 bridgehead atoms. The molecule has 0 heterocycles. The van der Waals surface area contributed by atoms with Crippen LogP contribution in [0, 0.1) is 5.92 Å². The van der Waals surface area contributed by atoms with Gasteiger partial charge in [-0.15, -0.1) is 0 Å². The van der Waals surface area contributed by atoms with Gasteiger partial charge in [0.25, 0.3) is 11.3 Å². The number of rotatable bonds is 12. The summed E-state index contributed by atoms with van der Waals surface area (Å²) >= 11 is -2.59. The lowest BCUT2D eigenvalue weighted by molar-refractivity contribution is -0.164. The smallest absolute Gasteiger partial charge is 0.350 e. The average molecular weight is 562 g/mol. The molecule has 1 aliphatic carbocycles. The molecule has 1 atom stereocenters. The van der Waals surface area contributed by atoms with Crippen molar-refractivity contribution >= 4 is 34.9 Å². The molecule has 1 aliphatic rings. The van der Waals surface area contributed by atoms with Crippen LogP contribution in [-0.4, -0.2) is 51.0 Å². The fraction of sp³-hybridized carbons (Fsp3) is 0.464. The minimum absolute atomic E-state index is 0.0281. The van der Waals surface area contributed by atoms with Crippen molar-refractivity contribution in [3.05, 3.63) is 59.7 Å². The quantitative estimate of drug-likeness (QED) is 0.227. The van der Waals surface area contributed by atoms with Gasteiger partial charge in [0, 0.05) is 0 Å². The number of hydrogen-bond acceptors (Lipinski definition) is 8. The highest BCUT2D eigenvalue weighted by atomic mass is 32.2. The molecule has 0 saturated heterocycles. The summed E-state index contributed by atoms with van der Waals surface area (Å²) in [5.74, 6) is -1.79. The van der Waals surface area contributed by atoms with Crippen LogP contribution in [0.4, 0.5) is 5.69 Å². The highest BCUT2D eigenvalue weighted by Crippen LogP contribution is 2.35. The van der Waals surface area contributed by atoms with E-state index >= 15 is 0 Å². The molecule has 3 rings (SSSR count). The van der Waals surface area contributed by atoms with E-state index in [4.69, 9.17) is 18.9 Å². The Labute approximate surface area is 231 Å². The first-order valence-corrected chi connectivity index (χ1v) is 13.6. The van der Waals surface area contributed by atoms with E-state index in [1.54, 1.807) is 20.8 Å². The van der Waals surface area contributed by atoms with Crippen molar-refractivity contribution in [3.8, 4) is 5.75 Å². The van der Waals surface area contributed by atoms with Crippen LogP contribution in [-0.2, 0) is 41.7 Å². The van der Waals surface area contributed by atoms with Gasteiger partial charge in [-0.1, -0.05) is 30.3 Å². The van der Waals surface area contributed by atoms with E-state index in [1.807, 2.05) is 30.3 Å². The Morgan fingerprint density at radius 2 is 1.67 bits per heavy atom. The van der Waals surface area contributed by atoms with Crippen molar-refractivity contribution in [2.24, 2.45) is 5.92 Å². The summed E-state index contributed by atoms with van der Waals surface area (Å²) < 4.78 is 45.0. The molecule has 0 aliphatic heterocycles. The van der Waals surface area contributed by atoms with Gasteiger partial charge in [0.15, 0.2) is 0 Å². The first-order chi connectivity index (χ1) is 18.2. The Bertz CT molecular complexity index is 1200. The van der Waals surface area contributed by atoms with Crippen LogP contribution in [0.2, 0.25) is 0 Å². The molecule has 10 nitrogen and oxygen atoms in total. The van der Waals surface area contributed by atoms with Gasteiger partial charge < -0.3 is 18.9 Å². The van der Waals surface area contributed by atoms with Crippen LogP contribution in [0.1, 0.15) is 63.4 Å². The maximum Gasteiger partial charge on any atom is 0.350 e. The third-order valence-electron chi connectivity index (χ3n) is 5.57. The first kappa shape index (κ1) is 30.1. The molecule has 1 unspecified atom stereocenters. The van der Waals surface area contributed by atoms with Gasteiger partial charge in [0.1, 0.15) is 24.5 Å². The molecule has 39 heavy (non-hydrogen) atoms. The first-order valence-electron chi connectivity index (χ1n) is 12.6. The number of anilines is 1. The zero-order valence-corrected chi connectivity index (χ0v) is 23.6. The summed E-state index contributed by atoms with van der Waals surface area (Å²) in [6.45, 7) is 7.76. The Kier molecular flexibility index (Phi) is 9.73. The van der Waals surface area contributed by atoms with E-state index in [0.29, 0.717) is 12.5 Å². The molecule has 1 N–H and O–H groups in total. The summed E-state index contributed by atoms with van der Waals surface area (Å²) in [5, 5.41) is 0. The van der Waals surface area contributed by atoms with Gasteiger partial charge in [-0.05, 0) is 77.1 Å². The molecule has 11 heteroatoms. The van der Waals surface area contributed by atoms with E-state index in [-0.39, 0.29) is 23.6 Å². The van der Waals surface area contributed by atoms with Crippen LogP contribution in [0.25, 0.3) is 0 Å². The Morgan fingerprint density at radius 3 is 2.26 bits per heavy atom. The number of carbonyl (C=O) groups is 3. The predicted octanol–water partition coefficient (Wildman–Crippen LogP) is 4.44. The largest absolute Gasteiger partial charge is 0.491 e. The van der Waals surface area contributed by atoms with E-state index in [0.717, 1.165) is 22.7 Å². The monoisotopic (exact) mass is 561 g/mol. The minimum atomic E-state index is -2.59. The average Bonchev–Trinajstić information content (AvgIpc) is 3.68. The Balaban J connectivity index is 1.77. The zero-order valence-electron chi connectivity index (χ0n) is 22.8. The van der Waals surface area contributed by atoms with Gasteiger partial charge >= 0.3 is 17.9 Å². The summed E-state index contributed by atoms with van der Waals surface area (Å²) in [4.78, 5) is 38.1. The Hall–Kier alpha value is -3.44. The van der Waals surface area contributed by atoms with Crippen LogP contribution in [0.15, 0.2) is 48.5 Å². The maximum atomic E-state index is 13.0. The molecule has 2 aromatic rings. The molecule has 212 valence electrons. The predicted molar refractivity (Wildman–Crippen MR) is 144 cm³/mol. The van der Waals surface area contributed by atoms with Crippen LogP contribution < -0.4 is 9.04 Å². The van der Waals surface area contributed by atoms with Gasteiger partial charge in [0.05, 0.1) is 17.9 Å². The molecule has 0 amide bonds.